The fourth-order valence-electron chi connectivity index (χ4n) is 4.85. The first-order chi connectivity index (χ1) is 18.0. The Labute approximate surface area is 221 Å². The summed E-state index contributed by atoms with van der Waals surface area (Å²) in [7, 11) is 0. The van der Waals surface area contributed by atoms with Gasteiger partial charge in [-0.15, -0.1) is 0 Å². The Balaban J connectivity index is 1.32. The fraction of sp³-hybridized carbons (Fsp3) is 0.148. The molecule has 2 aliphatic rings. The summed E-state index contributed by atoms with van der Waals surface area (Å²) >= 11 is 12.0. The minimum absolute atomic E-state index is 0.0542. The number of pyridine rings is 1. The number of nitrogens with zero attached hydrogens (tertiary/aromatic N) is 4. The highest BCUT2D eigenvalue weighted by Gasteiger charge is 2.44. The van der Waals surface area contributed by atoms with Crippen LogP contribution in [0.3, 0.4) is 0 Å². The molecule has 8 nitrogen and oxygen atoms in total. The van der Waals surface area contributed by atoms with Crippen molar-refractivity contribution in [2.45, 2.75) is 5.92 Å². The first kappa shape index (κ1) is 23.4. The lowest BCUT2D eigenvalue weighted by Gasteiger charge is -2.38. The maximum Gasteiger partial charge on any atom is 0.273 e. The molecule has 2 unspecified atom stereocenters. The molecule has 184 valence electrons. The summed E-state index contributed by atoms with van der Waals surface area (Å²) in [5.74, 6) is 0.498. The van der Waals surface area contributed by atoms with E-state index < -0.39 is 5.92 Å². The normalized spacial score (nSPS) is 18.6. The molecule has 1 N–H and O–H groups in total. The Morgan fingerprint density at radius 1 is 0.973 bits per heavy atom. The number of amides is 1. The van der Waals surface area contributed by atoms with Crippen molar-refractivity contribution >= 4 is 46.4 Å². The van der Waals surface area contributed by atoms with Crippen molar-refractivity contribution in [3.63, 3.8) is 0 Å². The molecule has 10 heteroatoms. The Bertz CT molecular complexity index is 1550. The second kappa shape index (κ2) is 9.46. The summed E-state index contributed by atoms with van der Waals surface area (Å²) in [5.41, 5.74) is 2.48. The first-order valence-corrected chi connectivity index (χ1v) is 12.3. The van der Waals surface area contributed by atoms with Crippen LogP contribution in [0.1, 0.15) is 27.5 Å². The van der Waals surface area contributed by atoms with Crippen LogP contribution in [0.15, 0.2) is 77.9 Å². The van der Waals surface area contributed by atoms with Crippen LogP contribution >= 0.6 is 23.2 Å². The van der Waals surface area contributed by atoms with Gasteiger partial charge in [0.05, 0.1) is 30.9 Å². The monoisotopic (exact) mass is 531 g/mol. The number of rotatable bonds is 4. The van der Waals surface area contributed by atoms with Gasteiger partial charge in [0, 0.05) is 16.5 Å². The van der Waals surface area contributed by atoms with Crippen molar-refractivity contribution < 1.29 is 14.3 Å². The lowest BCUT2D eigenvalue weighted by Crippen LogP contribution is -2.52. The molecule has 4 aromatic rings. The van der Waals surface area contributed by atoms with E-state index in [0.717, 1.165) is 11.1 Å². The molecule has 0 bridgehead atoms. The van der Waals surface area contributed by atoms with Crippen LogP contribution in [0, 0.1) is 5.92 Å². The van der Waals surface area contributed by atoms with Crippen molar-refractivity contribution in [1.29, 1.82) is 0 Å². The minimum atomic E-state index is -0.535. The predicted octanol–water partition coefficient (Wildman–Crippen LogP) is 5.46. The standard InChI is InChI=1S/C27H19Cl2N5O3/c28-16-7-9-17(10-8-16)37-18-4-1-3-15(11-18)24-19-12-30-33-26(19)32-21-13-34(14-22(35)25(21)24)27(36)20-5-2-6-23(29)31-20/h1-12,24-25H,13-14H2,(H,30,33). The highest BCUT2D eigenvalue weighted by molar-refractivity contribution is 6.30. The Kier molecular flexibility index (Phi) is 5.98. The smallest absolute Gasteiger partial charge is 0.273 e. The number of carbonyl (C=O) groups excluding carboxylic acids is 2. The van der Waals surface area contributed by atoms with Crippen LogP contribution in [-0.4, -0.2) is 50.6 Å². The third-order valence-electron chi connectivity index (χ3n) is 6.46. The van der Waals surface area contributed by atoms with Crippen molar-refractivity contribution in [2.75, 3.05) is 13.1 Å². The van der Waals surface area contributed by atoms with Gasteiger partial charge in [-0.3, -0.25) is 14.7 Å². The second-order valence-corrected chi connectivity index (χ2v) is 9.66. The van der Waals surface area contributed by atoms with Gasteiger partial charge in [-0.2, -0.15) is 5.10 Å². The number of aromatic amines is 1. The van der Waals surface area contributed by atoms with Gasteiger partial charge < -0.3 is 9.64 Å². The van der Waals surface area contributed by atoms with Gasteiger partial charge in [0.15, 0.2) is 11.6 Å². The number of hydrogen-bond donors (Lipinski definition) is 1. The molecule has 0 radical (unpaired) electrons. The summed E-state index contributed by atoms with van der Waals surface area (Å²) in [6, 6.07) is 19.5. The van der Waals surface area contributed by atoms with E-state index >= 15 is 0 Å². The number of benzene rings is 2. The Morgan fingerprint density at radius 2 is 1.78 bits per heavy atom. The van der Waals surface area contributed by atoms with Gasteiger partial charge in [0.25, 0.3) is 5.91 Å². The molecular formula is C27H19Cl2N5O3. The van der Waals surface area contributed by atoms with E-state index in [2.05, 4.69) is 20.2 Å². The molecule has 1 saturated heterocycles. The molecule has 1 amide bonds. The SMILES string of the molecule is O=C1CN(C(=O)c2cccc(Cl)n2)CC2=Nc3[nH]ncc3C(c3cccc(Oc4ccc(Cl)cc4)c3)C12. The lowest BCUT2D eigenvalue weighted by molar-refractivity contribution is -0.122. The zero-order valence-corrected chi connectivity index (χ0v) is 20.8. The van der Waals surface area contributed by atoms with Gasteiger partial charge in [-0.1, -0.05) is 41.4 Å². The topological polar surface area (TPSA) is 101 Å². The van der Waals surface area contributed by atoms with Crippen LogP contribution in [0.4, 0.5) is 5.82 Å². The molecule has 0 aliphatic carbocycles. The van der Waals surface area contributed by atoms with Crippen LogP contribution in [-0.2, 0) is 4.79 Å². The molecule has 2 aromatic carbocycles. The average molecular weight is 532 g/mol. The van der Waals surface area contributed by atoms with E-state index in [1.54, 1.807) is 48.7 Å². The molecule has 2 aliphatic heterocycles. The van der Waals surface area contributed by atoms with E-state index in [0.29, 0.717) is 28.1 Å². The molecule has 6 rings (SSSR count). The number of hydrogen-bond acceptors (Lipinski definition) is 6. The summed E-state index contributed by atoms with van der Waals surface area (Å²) in [4.78, 5) is 36.9. The summed E-state index contributed by atoms with van der Waals surface area (Å²) in [6.07, 6.45) is 1.70. The van der Waals surface area contributed by atoms with Gasteiger partial charge in [0.1, 0.15) is 22.3 Å². The number of fused-ring (bicyclic) bond motifs is 2. The van der Waals surface area contributed by atoms with Gasteiger partial charge in [-0.05, 0) is 54.1 Å². The second-order valence-electron chi connectivity index (χ2n) is 8.83. The van der Waals surface area contributed by atoms with Crippen LogP contribution < -0.4 is 4.74 Å². The van der Waals surface area contributed by atoms with Gasteiger partial charge >= 0.3 is 0 Å². The zero-order chi connectivity index (χ0) is 25.5. The number of ketones is 1. The molecule has 0 saturated carbocycles. The van der Waals surface area contributed by atoms with E-state index in [-0.39, 0.29) is 41.5 Å². The average Bonchev–Trinajstić information content (AvgIpc) is 3.36. The molecule has 37 heavy (non-hydrogen) atoms. The number of Topliss-reactive ketones (excluding diaryl/α,β-unsaturated/α-hetero) is 1. The number of aliphatic imine (C=N–C) groups is 1. The highest BCUT2D eigenvalue weighted by Crippen LogP contribution is 2.44. The van der Waals surface area contributed by atoms with Gasteiger partial charge in [0.2, 0.25) is 0 Å². The van der Waals surface area contributed by atoms with Crippen LogP contribution in [0.5, 0.6) is 11.5 Å². The number of carbonyl (C=O) groups is 2. The predicted molar refractivity (Wildman–Crippen MR) is 139 cm³/mol. The molecular weight excluding hydrogens is 513 g/mol. The van der Waals surface area contributed by atoms with Gasteiger partial charge in [-0.25, -0.2) is 9.98 Å². The number of aromatic nitrogens is 3. The number of ether oxygens (including phenoxy) is 1. The maximum absolute atomic E-state index is 13.6. The largest absolute Gasteiger partial charge is 0.457 e. The highest BCUT2D eigenvalue weighted by atomic mass is 35.5. The van der Waals surface area contributed by atoms with E-state index in [1.165, 1.54) is 4.90 Å². The Hall–Kier alpha value is -4.01. The number of piperidine rings is 1. The third-order valence-corrected chi connectivity index (χ3v) is 6.93. The van der Waals surface area contributed by atoms with E-state index in [9.17, 15) is 9.59 Å². The maximum atomic E-state index is 13.6. The number of nitrogens with one attached hydrogen (secondary N) is 1. The Morgan fingerprint density at radius 3 is 2.59 bits per heavy atom. The van der Waals surface area contributed by atoms with E-state index in [4.69, 9.17) is 27.9 Å². The quantitative estimate of drug-likeness (QED) is 0.352. The van der Waals surface area contributed by atoms with Crippen molar-refractivity contribution in [2.24, 2.45) is 10.9 Å². The third kappa shape index (κ3) is 4.50. The molecule has 0 spiro atoms. The summed E-state index contributed by atoms with van der Waals surface area (Å²) < 4.78 is 6.04. The van der Waals surface area contributed by atoms with Crippen molar-refractivity contribution in [1.82, 2.24) is 20.1 Å². The first-order valence-electron chi connectivity index (χ1n) is 11.5. The molecule has 2 aromatic heterocycles. The number of halogens is 2. The summed E-state index contributed by atoms with van der Waals surface area (Å²) in [5, 5.41) is 7.94. The fourth-order valence-corrected chi connectivity index (χ4v) is 5.14. The van der Waals surface area contributed by atoms with E-state index in [1.807, 2.05) is 24.3 Å². The number of H-pyrrole nitrogens is 1. The van der Waals surface area contributed by atoms with Crippen LogP contribution in [0.2, 0.25) is 10.2 Å². The lowest BCUT2D eigenvalue weighted by atomic mass is 9.73. The van der Waals surface area contributed by atoms with Crippen LogP contribution in [0.25, 0.3) is 0 Å². The van der Waals surface area contributed by atoms with Crippen molar-refractivity contribution in [3.8, 4) is 11.5 Å². The number of likely N-dealkylation sites (tertiary alicyclic amines) is 1. The summed E-state index contributed by atoms with van der Waals surface area (Å²) in [6.45, 7) is 0.140. The van der Waals surface area contributed by atoms with Crippen molar-refractivity contribution in [3.05, 3.63) is 99.9 Å². The molecule has 4 heterocycles. The zero-order valence-electron chi connectivity index (χ0n) is 19.3. The molecule has 1 fully saturated rings. The molecule has 2 atom stereocenters. The minimum Gasteiger partial charge on any atom is -0.457 e.